The van der Waals surface area contributed by atoms with Crippen LogP contribution in [0.15, 0.2) is 30.6 Å². The lowest BCUT2D eigenvalue weighted by Crippen LogP contribution is -2.20. The molecule has 0 amide bonds. The van der Waals surface area contributed by atoms with Crippen molar-refractivity contribution in [1.29, 1.82) is 0 Å². The summed E-state index contributed by atoms with van der Waals surface area (Å²) in [7, 11) is 0. The summed E-state index contributed by atoms with van der Waals surface area (Å²) >= 11 is 0. The molecule has 0 aliphatic carbocycles. The lowest BCUT2D eigenvalue weighted by atomic mass is 10.2. The first-order valence-electron chi connectivity index (χ1n) is 5.65. The van der Waals surface area contributed by atoms with E-state index in [9.17, 15) is 0 Å². The number of hydrogen-bond donors (Lipinski definition) is 1. The predicted molar refractivity (Wildman–Crippen MR) is 61.7 cm³/mol. The lowest BCUT2D eigenvalue weighted by molar-refractivity contribution is 0.220. The fourth-order valence-electron chi connectivity index (χ4n) is 2.15. The average molecular weight is 217 g/mol. The second-order valence-corrected chi connectivity index (χ2v) is 4.35. The van der Waals surface area contributed by atoms with Crippen molar-refractivity contribution in [2.24, 2.45) is 0 Å². The van der Waals surface area contributed by atoms with E-state index in [4.69, 9.17) is 4.74 Å². The van der Waals surface area contributed by atoms with E-state index in [1.165, 1.54) is 0 Å². The average Bonchev–Trinajstić information content (AvgIpc) is 2.87. The van der Waals surface area contributed by atoms with Crippen molar-refractivity contribution >= 4 is 5.52 Å². The number of ether oxygens (including phenoxy) is 1. The third-order valence-corrected chi connectivity index (χ3v) is 2.98. The third-order valence-electron chi connectivity index (χ3n) is 2.98. The normalized spacial score (nSPS) is 25.1. The summed E-state index contributed by atoms with van der Waals surface area (Å²) in [5.41, 5.74) is 1.07. The minimum Gasteiger partial charge on any atom is -0.489 e. The molecule has 16 heavy (non-hydrogen) atoms. The van der Waals surface area contributed by atoms with Gasteiger partial charge in [0.1, 0.15) is 11.9 Å². The van der Waals surface area contributed by atoms with Gasteiger partial charge in [-0.2, -0.15) is 5.10 Å². The fourth-order valence-corrected chi connectivity index (χ4v) is 2.15. The Labute approximate surface area is 94.2 Å². The van der Waals surface area contributed by atoms with Gasteiger partial charge in [-0.25, -0.2) is 4.52 Å². The van der Waals surface area contributed by atoms with Crippen LogP contribution in [-0.4, -0.2) is 28.3 Å². The second kappa shape index (κ2) is 3.79. The summed E-state index contributed by atoms with van der Waals surface area (Å²) in [6.45, 7) is 3.12. The Morgan fingerprint density at radius 3 is 3.25 bits per heavy atom. The summed E-state index contributed by atoms with van der Waals surface area (Å²) in [6, 6.07) is 6.52. The minimum absolute atomic E-state index is 0.292. The molecule has 4 nitrogen and oxygen atoms in total. The van der Waals surface area contributed by atoms with E-state index >= 15 is 0 Å². The second-order valence-electron chi connectivity index (χ2n) is 4.35. The molecular formula is C12H15N3O. The Morgan fingerprint density at radius 2 is 2.44 bits per heavy atom. The van der Waals surface area contributed by atoms with Crippen LogP contribution in [0.3, 0.4) is 0 Å². The van der Waals surface area contributed by atoms with Gasteiger partial charge in [-0.05, 0) is 19.1 Å². The molecule has 1 saturated heterocycles. The smallest absolute Gasteiger partial charge is 0.123 e. The maximum Gasteiger partial charge on any atom is 0.123 e. The molecule has 3 rings (SSSR count). The van der Waals surface area contributed by atoms with Gasteiger partial charge in [-0.1, -0.05) is 0 Å². The molecule has 1 aliphatic rings. The van der Waals surface area contributed by atoms with Gasteiger partial charge in [-0.15, -0.1) is 0 Å². The van der Waals surface area contributed by atoms with E-state index in [0.717, 1.165) is 24.2 Å². The summed E-state index contributed by atoms with van der Waals surface area (Å²) in [5.74, 6) is 0.925. The van der Waals surface area contributed by atoms with E-state index in [2.05, 4.69) is 17.3 Å². The highest BCUT2D eigenvalue weighted by Gasteiger charge is 2.21. The van der Waals surface area contributed by atoms with Gasteiger partial charge in [0.05, 0.1) is 5.52 Å². The molecule has 84 valence electrons. The van der Waals surface area contributed by atoms with Gasteiger partial charge >= 0.3 is 0 Å². The minimum atomic E-state index is 0.292. The van der Waals surface area contributed by atoms with Gasteiger partial charge in [-0.3, -0.25) is 0 Å². The molecule has 2 aromatic heterocycles. The van der Waals surface area contributed by atoms with Crippen LogP contribution in [0.25, 0.3) is 5.52 Å². The summed E-state index contributed by atoms with van der Waals surface area (Å²) < 4.78 is 7.76. The van der Waals surface area contributed by atoms with Crippen molar-refractivity contribution in [1.82, 2.24) is 14.9 Å². The number of fused-ring (bicyclic) bond motifs is 1. The van der Waals surface area contributed by atoms with E-state index in [1.807, 2.05) is 28.9 Å². The standard InChI is InChI=1S/C12H15N3O/c1-9-6-12(8-13-9)16-11-3-5-15-10(7-11)2-4-14-15/h2-5,7,9,12-13H,6,8H2,1H3/t9-,12+/m0/s1. The van der Waals surface area contributed by atoms with Crippen LogP contribution in [0, 0.1) is 0 Å². The Hall–Kier alpha value is -1.55. The molecule has 1 aliphatic heterocycles. The molecule has 0 unspecified atom stereocenters. The van der Waals surface area contributed by atoms with Crippen LogP contribution in [0.2, 0.25) is 0 Å². The van der Waals surface area contributed by atoms with Gasteiger partial charge in [0, 0.05) is 37.5 Å². The summed E-state index contributed by atoms with van der Waals surface area (Å²) in [6.07, 6.45) is 5.08. The molecule has 0 aromatic carbocycles. The van der Waals surface area contributed by atoms with Crippen LogP contribution >= 0.6 is 0 Å². The van der Waals surface area contributed by atoms with Crippen molar-refractivity contribution in [3.8, 4) is 5.75 Å². The zero-order chi connectivity index (χ0) is 11.0. The van der Waals surface area contributed by atoms with Gasteiger partial charge in [0.15, 0.2) is 0 Å². The number of aromatic nitrogens is 2. The first kappa shape index (κ1) is 9.66. The third kappa shape index (κ3) is 1.76. The maximum atomic E-state index is 5.92. The molecule has 0 saturated carbocycles. The van der Waals surface area contributed by atoms with E-state index < -0.39 is 0 Å². The van der Waals surface area contributed by atoms with Crippen LogP contribution in [-0.2, 0) is 0 Å². The van der Waals surface area contributed by atoms with E-state index in [0.29, 0.717) is 12.1 Å². The summed E-state index contributed by atoms with van der Waals surface area (Å²) in [4.78, 5) is 0. The molecule has 1 fully saturated rings. The predicted octanol–water partition coefficient (Wildman–Crippen LogP) is 1.46. The van der Waals surface area contributed by atoms with Crippen molar-refractivity contribution < 1.29 is 4.74 Å². The number of nitrogens with zero attached hydrogens (tertiary/aromatic N) is 2. The summed E-state index contributed by atoms with van der Waals surface area (Å²) in [5, 5.41) is 7.53. The zero-order valence-corrected chi connectivity index (χ0v) is 9.26. The highest BCUT2D eigenvalue weighted by molar-refractivity contribution is 5.49. The van der Waals surface area contributed by atoms with Crippen molar-refractivity contribution in [3.63, 3.8) is 0 Å². The highest BCUT2D eigenvalue weighted by atomic mass is 16.5. The number of rotatable bonds is 2. The largest absolute Gasteiger partial charge is 0.489 e. The number of nitrogens with one attached hydrogen (secondary N) is 1. The van der Waals surface area contributed by atoms with Crippen molar-refractivity contribution in [3.05, 3.63) is 30.6 Å². The van der Waals surface area contributed by atoms with Gasteiger partial charge in [0.2, 0.25) is 0 Å². The monoisotopic (exact) mass is 217 g/mol. The Bertz CT molecular complexity index is 494. The van der Waals surface area contributed by atoms with Crippen LogP contribution in [0.4, 0.5) is 0 Å². The lowest BCUT2D eigenvalue weighted by Gasteiger charge is -2.12. The molecule has 4 heteroatoms. The fraction of sp³-hybridized carbons (Fsp3) is 0.417. The Morgan fingerprint density at radius 1 is 1.50 bits per heavy atom. The van der Waals surface area contributed by atoms with Crippen LogP contribution in [0.1, 0.15) is 13.3 Å². The Kier molecular flexibility index (Phi) is 2.29. The first-order valence-corrected chi connectivity index (χ1v) is 5.65. The molecule has 2 aromatic rings. The highest BCUT2D eigenvalue weighted by Crippen LogP contribution is 2.18. The zero-order valence-electron chi connectivity index (χ0n) is 9.26. The molecule has 1 N–H and O–H groups in total. The van der Waals surface area contributed by atoms with Crippen LogP contribution in [0.5, 0.6) is 5.75 Å². The SMILES string of the molecule is C[C@H]1C[C@@H](Oc2ccn3nccc3c2)CN1. The molecular weight excluding hydrogens is 202 g/mol. The molecule has 3 heterocycles. The van der Waals surface area contributed by atoms with Crippen LogP contribution < -0.4 is 10.1 Å². The number of hydrogen-bond acceptors (Lipinski definition) is 3. The molecule has 0 radical (unpaired) electrons. The maximum absolute atomic E-state index is 5.92. The first-order chi connectivity index (χ1) is 7.81. The molecule has 0 spiro atoms. The Balaban J connectivity index is 1.78. The number of pyridine rings is 1. The van der Waals surface area contributed by atoms with E-state index in [1.54, 1.807) is 6.20 Å². The van der Waals surface area contributed by atoms with E-state index in [-0.39, 0.29) is 0 Å². The molecule has 0 bridgehead atoms. The van der Waals surface area contributed by atoms with Crippen molar-refractivity contribution in [2.45, 2.75) is 25.5 Å². The van der Waals surface area contributed by atoms with Crippen molar-refractivity contribution in [2.75, 3.05) is 6.54 Å². The topological polar surface area (TPSA) is 38.6 Å². The quantitative estimate of drug-likeness (QED) is 0.827. The molecule has 2 atom stereocenters. The van der Waals surface area contributed by atoms with Gasteiger partial charge in [0.25, 0.3) is 0 Å². The van der Waals surface area contributed by atoms with Gasteiger partial charge < -0.3 is 10.1 Å².